The molecule has 0 unspecified atom stereocenters. The first-order valence-electron chi connectivity index (χ1n) is 7.90. The lowest BCUT2D eigenvalue weighted by Gasteiger charge is -2.15. The van der Waals surface area contributed by atoms with Crippen LogP contribution in [0.15, 0.2) is 24.3 Å². The molecule has 6 nitrogen and oxygen atoms in total. The van der Waals surface area contributed by atoms with Gasteiger partial charge in [0.2, 0.25) is 11.8 Å². The maximum absolute atomic E-state index is 11.8. The number of carbonyl (C=O) groups is 3. The molecule has 0 aromatic heterocycles. The van der Waals surface area contributed by atoms with Crippen LogP contribution in [0.5, 0.6) is 0 Å². The third-order valence-corrected chi connectivity index (χ3v) is 4.48. The van der Waals surface area contributed by atoms with Gasteiger partial charge in [-0.25, -0.2) is 0 Å². The lowest BCUT2D eigenvalue weighted by molar-refractivity contribution is -0.140. The van der Waals surface area contributed by atoms with Gasteiger partial charge in [0.25, 0.3) is 0 Å². The van der Waals surface area contributed by atoms with Crippen LogP contribution in [-0.4, -0.2) is 34.3 Å². The van der Waals surface area contributed by atoms with Crippen LogP contribution in [-0.2, 0) is 27.5 Å². The van der Waals surface area contributed by atoms with Crippen molar-refractivity contribution in [1.82, 2.24) is 10.2 Å². The van der Waals surface area contributed by atoms with Gasteiger partial charge in [0, 0.05) is 26.1 Å². The summed E-state index contributed by atoms with van der Waals surface area (Å²) in [6.07, 6.45) is 2.01. The molecule has 2 N–H and O–H groups in total. The minimum absolute atomic E-state index is 0.191. The van der Waals surface area contributed by atoms with Crippen LogP contribution in [0.1, 0.15) is 30.4 Å². The molecular weight excluding hydrogens is 296 g/mol. The zero-order valence-corrected chi connectivity index (χ0v) is 12.8. The molecule has 1 aliphatic heterocycles. The number of amides is 2. The van der Waals surface area contributed by atoms with Crippen LogP contribution in [0.2, 0.25) is 0 Å². The number of nitrogens with zero attached hydrogens (tertiary/aromatic N) is 1. The number of benzene rings is 1. The van der Waals surface area contributed by atoms with Crippen LogP contribution >= 0.6 is 0 Å². The Bertz CT molecular complexity index is 626. The SMILES string of the molecule is O=C(O)[C@H]1C[C@@H]1C(=O)NCc1ccc(CN2CCCC2=O)cc1. The number of carboxylic acid groups (broad SMARTS) is 1. The fraction of sp³-hybridized carbons (Fsp3) is 0.471. The molecule has 2 aliphatic rings. The summed E-state index contributed by atoms with van der Waals surface area (Å²) in [6, 6.07) is 7.78. The maximum atomic E-state index is 11.8. The lowest BCUT2D eigenvalue weighted by Crippen LogP contribution is -2.26. The largest absolute Gasteiger partial charge is 0.481 e. The number of carbonyl (C=O) groups excluding carboxylic acids is 2. The van der Waals surface area contributed by atoms with E-state index in [9.17, 15) is 14.4 Å². The second-order valence-electron chi connectivity index (χ2n) is 6.24. The molecule has 2 amide bonds. The number of rotatable bonds is 6. The normalized spacial score (nSPS) is 23.0. The summed E-state index contributed by atoms with van der Waals surface area (Å²) in [5.74, 6) is -1.78. The van der Waals surface area contributed by atoms with Gasteiger partial charge >= 0.3 is 5.97 Å². The average molecular weight is 316 g/mol. The predicted molar refractivity (Wildman–Crippen MR) is 82.2 cm³/mol. The van der Waals surface area contributed by atoms with Gasteiger partial charge in [-0.15, -0.1) is 0 Å². The zero-order valence-electron chi connectivity index (χ0n) is 12.8. The quantitative estimate of drug-likeness (QED) is 0.824. The van der Waals surface area contributed by atoms with E-state index in [0.717, 1.165) is 24.1 Å². The summed E-state index contributed by atoms with van der Waals surface area (Å²) in [6.45, 7) is 1.85. The van der Waals surface area contributed by atoms with Gasteiger partial charge in [0.1, 0.15) is 0 Å². The summed E-state index contributed by atoms with van der Waals surface area (Å²) in [5.41, 5.74) is 2.03. The summed E-state index contributed by atoms with van der Waals surface area (Å²) in [7, 11) is 0. The monoisotopic (exact) mass is 316 g/mol. The smallest absolute Gasteiger partial charge is 0.307 e. The highest BCUT2D eigenvalue weighted by Crippen LogP contribution is 2.38. The third kappa shape index (κ3) is 3.70. The van der Waals surface area contributed by atoms with Gasteiger partial charge < -0.3 is 15.3 Å². The van der Waals surface area contributed by atoms with Gasteiger partial charge in [-0.05, 0) is 24.0 Å². The van der Waals surface area contributed by atoms with E-state index < -0.39 is 11.9 Å². The minimum Gasteiger partial charge on any atom is -0.481 e. The zero-order chi connectivity index (χ0) is 16.4. The topological polar surface area (TPSA) is 86.7 Å². The Morgan fingerprint density at radius 1 is 1.17 bits per heavy atom. The van der Waals surface area contributed by atoms with Crippen LogP contribution in [0.25, 0.3) is 0 Å². The van der Waals surface area contributed by atoms with Crippen molar-refractivity contribution in [3.8, 4) is 0 Å². The van der Waals surface area contributed by atoms with Crippen molar-refractivity contribution >= 4 is 17.8 Å². The van der Waals surface area contributed by atoms with E-state index in [2.05, 4.69) is 5.32 Å². The molecule has 1 heterocycles. The molecular formula is C17H20N2O4. The molecule has 122 valence electrons. The van der Waals surface area contributed by atoms with Crippen molar-refractivity contribution in [2.75, 3.05) is 6.54 Å². The van der Waals surface area contributed by atoms with Crippen LogP contribution in [0, 0.1) is 11.8 Å². The highest BCUT2D eigenvalue weighted by molar-refractivity contribution is 5.89. The summed E-state index contributed by atoms with van der Waals surface area (Å²) in [5, 5.41) is 11.6. The van der Waals surface area contributed by atoms with E-state index in [1.165, 1.54) is 0 Å². The first kappa shape index (κ1) is 15.5. The standard InChI is InChI=1S/C17H20N2O4/c20-15-2-1-7-19(15)10-12-5-3-11(4-6-12)9-18-16(21)13-8-14(13)17(22)23/h3-6,13-14H,1-2,7-10H2,(H,18,21)(H,22,23)/t13-,14-/m0/s1. The summed E-state index contributed by atoms with van der Waals surface area (Å²) in [4.78, 5) is 36.0. The van der Waals surface area contributed by atoms with Crippen molar-refractivity contribution in [2.24, 2.45) is 11.8 Å². The number of hydrogen-bond acceptors (Lipinski definition) is 3. The highest BCUT2D eigenvalue weighted by atomic mass is 16.4. The maximum Gasteiger partial charge on any atom is 0.307 e. The Kier molecular flexibility index (Phi) is 4.32. The Hall–Kier alpha value is -2.37. The number of likely N-dealkylation sites (tertiary alicyclic amines) is 1. The molecule has 1 saturated carbocycles. The highest BCUT2D eigenvalue weighted by Gasteiger charge is 2.48. The van der Waals surface area contributed by atoms with E-state index in [-0.39, 0.29) is 17.7 Å². The third-order valence-electron chi connectivity index (χ3n) is 4.48. The van der Waals surface area contributed by atoms with E-state index in [1.54, 1.807) is 0 Å². The minimum atomic E-state index is -0.897. The van der Waals surface area contributed by atoms with Gasteiger partial charge in [0.15, 0.2) is 0 Å². The molecule has 0 bridgehead atoms. The molecule has 2 fully saturated rings. The second-order valence-corrected chi connectivity index (χ2v) is 6.24. The molecule has 1 saturated heterocycles. The van der Waals surface area contributed by atoms with Crippen molar-refractivity contribution in [1.29, 1.82) is 0 Å². The van der Waals surface area contributed by atoms with Crippen LogP contribution in [0.4, 0.5) is 0 Å². The fourth-order valence-electron chi connectivity index (χ4n) is 2.93. The number of aliphatic carboxylic acids is 1. The molecule has 2 atom stereocenters. The van der Waals surface area contributed by atoms with Crippen molar-refractivity contribution in [2.45, 2.75) is 32.4 Å². The molecule has 6 heteroatoms. The Morgan fingerprint density at radius 2 is 1.87 bits per heavy atom. The van der Waals surface area contributed by atoms with Crippen LogP contribution < -0.4 is 5.32 Å². The first-order chi connectivity index (χ1) is 11.0. The average Bonchev–Trinajstić information content (AvgIpc) is 3.25. The Morgan fingerprint density at radius 3 is 2.43 bits per heavy atom. The molecule has 0 radical (unpaired) electrons. The van der Waals surface area contributed by atoms with E-state index in [1.807, 2.05) is 29.2 Å². The molecule has 1 aliphatic carbocycles. The predicted octanol–water partition coefficient (Wildman–Crippen LogP) is 1.15. The van der Waals surface area contributed by atoms with Crippen molar-refractivity contribution < 1.29 is 19.5 Å². The van der Waals surface area contributed by atoms with E-state index in [0.29, 0.717) is 25.9 Å². The van der Waals surface area contributed by atoms with E-state index in [4.69, 9.17) is 5.11 Å². The Labute approximate surface area is 134 Å². The first-order valence-corrected chi connectivity index (χ1v) is 7.90. The van der Waals surface area contributed by atoms with Gasteiger partial charge in [-0.2, -0.15) is 0 Å². The van der Waals surface area contributed by atoms with Gasteiger partial charge in [0.05, 0.1) is 11.8 Å². The molecule has 3 rings (SSSR count). The van der Waals surface area contributed by atoms with Crippen LogP contribution in [0.3, 0.4) is 0 Å². The molecule has 1 aromatic carbocycles. The molecule has 0 spiro atoms. The second kappa shape index (κ2) is 6.40. The number of nitrogens with one attached hydrogen (secondary N) is 1. The van der Waals surface area contributed by atoms with Gasteiger partial charge in [-0.3, -0.25) is 14.4 Å². The molecule has 1 aromatic rings. The fourth-order valence-corrected chi connectivity index (χ4v) is 2.93. The number of carboxylic acids is 1. The summed E-state index contributed by atoms with van der Waals surface area (Å²) < 4.78 is 0. The van der Waals surface area contributed by atoms with Crippen molar-refractivity contribution in [3.63, 3.8) is 0 Å². The molecule has 23 heavy (non-hydrogen) atoms. The van der Waals surface area contributed by atoms with Gasteiger partial charge in [-0.1, -0.05) is 24.3 Å². The number of hydrogen-bond donors (Lipinski definition) is 2. The lowest BCUT2D eigenvalue weighted by atomic mass is 10.1. The Balaban J connectivity index is 1.47. The van der Waals surface area contributed by atoms with E-state index >= 15 is 0 Å². The summed E-state index contributed by atoms with van der Waals surface area (Å²) >= 11 is 0. The van der Waals surface area contributed by atoms with Crippen molar-refractivity contribution in [3.05, 3.63) is 35.4 Å².